The first-order chi connectivity index (χ1) is 17.9. The molecule has 0 aliphatic carbocycles. The Kier molecular flexibility index (Phi) is 11.1. The number of alkyl halides is 6. The molecule has 3 fully saturated rings. The number of ether oxygens (including phenoxy) is 1. The summed E-state index contributed by atoms with van der Waals surface area (Å²) < 4.78 is 69.6. The summed E-state index contributed by atoms with van der Waals surface area (Å²) in [7, 11) is 2.02. The van der Waals surface area contributed by atoms with Gasteiger partial charge in [-0.1, -0.05) is 0 Å². The molecular weight excluding hydrogens is 566 g/mol. The zero-order chi connectivity index (χ0) is 29.6. The summed E-state index contributed by atoms with van der Waals surface area (Å²) in [5.41, 5.74) is 2.90. The molecule has 2 N–H and O–H groups in total. The first-order valence-corrected chi connectivity index (χ1v) is 12.3. The number of amides is 1. The van der Waals surface area contributed by atoms with E-state index >= 15 is 0 Å². The Morgan fingerprint density at radius 1 is 1.08 bits per heavy atom. The molecule has 222 valence electrons. The maximum Gasteiger partial charge on any atom is 0.490 e. The number of rotatable bonds is 3. The monoisotopic (exact) mass is 594 g/mol. The first kappa shape index (κ1) is 32.7. The minimum absolute atomic E-state index is 0.0357. The topological polar surface area (TPSA) is 133 Å². The lowest BCUT2D eigenvalue weighted by atomic mass is 9.90. The van der Waals surface area contributed by atoms with Crippen molar-refractivity contribution in [1.82, 2.24) is 19.8 Å². The molecule has 11 nitrogen and oxygen atoms in total. The van der Waals surface area contributed by atoms with Crippen LogP contribution >= 0.6 is 11.3 Å². The molecule has 3 aliphatic heterocycles. The van der Waals surface area contributed by atoms with Crippen molar-refractivity contribution in [2.24, 2.45) is 0 Å². The van der Waals surface area contributed by atoms with Gasteiger partial charge in [-0.25, -0.2) is 19.6 Å². The van der Waals surface area contributed by atoms with E-state index in [0.29, 0.717) is 19.8 Å². The highest BCUT2D eigenvalue weighted by molar-refractivity contribution is 7.09. The number of thiazole rings is 1. The van der Waals surface area contributed by atoms with Gasteiger partial charge in [0.15, 0.2) is 0 Å². The van der Waals surface area contributed by atoms with Gasteiger partial charge in [-0.2, -0.15) is 26.3 Å². The van der Waals surface area contributed by atoms with Gasteiger partial charge in [0.05, 0.1) is 24.4 Å². The van der Waals surface area contributed by atoms with Crippen molar-refractivity contribution in [3.05, 3.63) is 16.1 Å². The van der Waals surface area contributed by atoms with E-state index in [1.807, 2.05) is 12.6 Å². The number of carboxylic acids is 2. The van der Waals surface area contributed by atoms with E-state index in [-0.39, 0.29) is 17.6 Å². The van der Waals surface area contributed by atoms with Crippen molar-refractivity contribution in [2.75, 3.05) is 46.4 Å². The normalized spacial score (nSPS) is 21.6. The van der Waals surface area contributed by atoms with Gasteiger partial charge in [0.1, 0.15) is 11.6 Å². The summed E-state index contributed by atoms with van der Waals surface area (Å²) in [6, 6.07) is -0.235. The van der Waals surface area contributed by atoms with Gasteiger partial charge in [-0.15, -0.1) is 11.3 Å². The number of aryl methyl sites for hydroxylation is 1. The van der Waals surface area contributed by atoms with Crippen LogP contribution in [0.5, 0.6) is 0 Å². The number of nitrogens with zero attached hydrogens (tertiary/aromatic N) is 4. The number of carbonyl (C=O) groups excluding carboxylic acids is 1. The maximum atomic E-state index is 12.7. The third-order valence-corrected chi connectivity index (χ3v) is 6.79. The highest BCUT2D eigenvalue weighted by atomic mass is 32.1. The molecule has 1 atom stereocenters. The zero-order valence-corrected chi connectivity index (χ0v) is 21.7. The number of carbonyl (C=O) groups is 3. The van der Waals surface area contributed by atoms with Crippen LogP contribution in [0.4, 0.5) is 26.3 Å². The first-order valence-electron chi connectivity index (χ1n) is 11.5. The van der Waals surface area contributed by atoms with Crippen molar-refractivity contribution < 1.29 is 60.5 Å². The standard InChI is InChI=1S/C17H26N4O3S.2C2HF3O2/c1-13-15(25-12-18-13)7-20-10-17(11-20)9-19(2)14(8-23-17)16(22)21-5-3-4-6-24-21;2*3-2(4,5)1(6)7/h12,14H,3-11H2,1-2H3;2*(H,6,7). The van der Waals surface area contributed by atoms with Gasteiger partial charge >= 0.3 is 24.3 Å². The van der Waals surface area contributed by atoms with E-state index in [9.17, 15) is 31.1 Å². The molecule has 0 aromatic carbocycles. The van der Waals surface area contributed by atoms with Crippen LogP contribution in [0.3, 0.4) is 0 Å². The highest BCUT2D eigenvalue weighted by Crippen LogP contribution is 2.33. The smallest absolute Gasteiger partial charge is 0.475 e. The van der Waals surface area contributed by atoms with E-state index in [1.54, 1.807) is 11.3 Å². The SMILES string of the molecule is Cc1ncsc1CN1CC2(C1)CN(C)C(C(=O)N1CCCCO1)CO2.O=C(O)C(F)(F)F.O=C(O)C(F)(F)F. The molecule has 0 radical (unpaired) electrons. The Labute approximate surface area is 222 Å². The Morgan fingerprint density at radius 3 is 2.05 bits per heavy atom. The van der Waals surface area contributed by atoms with Crippen LogP contribution in [0.1, 0.15) is 23.4 Å². The number of hydrogen-bond acceptors (Lipinski definition) is 9. The van der Waals surface area contributed by atoms with Crippen molar-refractivity contribution in [3.8, 4) is 0 Å². The molecule has 0 bridgehead atoms. The van der Waals surface area contributed by atoms with Gasteiger partial charge in [0.2, 0.25) is 0 Å². The third kappa shape index (κ3) is 9.55. The molecule has 0 saturated carbocycles. The van der Waals surface area contributed by atoms with E-state index in [4.69, 9.17) is 29.4 Å². The van der Waals surface area contributed by atoms with Gasteiger partial charge in [-0.3, -0.25) is 19.4 Å². The molecular formula is C21H28F6N4O7S. The van der Waals surface area contributed by atoms with E-state index in [0.717, 1.165) is 44.7 Å². The number of hydroxylamine groups is 2. The lowest BCUT2D eigenvalue weighted by Crippen LogP contribution is -2.72. The quantitative estimate of drug-likeness (QED) is 0.502. The van der Waals surface area contributed by atoms with Gasteiger partial charge in [0.25, 0.3) is 5.91 Å². The van der Waals surface area contributed by atoms with Gasteiger partial charge in [0, 0.05) is 37.6 Å². The average molecular weight is 595 g/mol. The number of likely N-dealkylation sites (tertiary alicyclic amines) is 1. The lowest BCUT2D eigenvalue weighted by Gasteiger charge is -2.55. The van der Waals surface area contributed by atoms with Crippen molar-refractivity contribution in [1.29, 1.82) is 0 Å². The molecule has 4 heterocycles. The fourth-order valence-corrected chi connectivity index (χ4v) is 4.76. The van der Waals surface area contributed by atoms with Crippen molar-refractivity contribution in [3.63, 3.8) is 0 Å². The number of carboxylic acid groups (broad SMARTS) is 2. The predicted octanol–water partition coefficient (Wildman–Crippen LogP) is 2.16. The van der Waals surface area contributed by atoms with E-state index in [1.165, 1.54) is 9.94 Å². The van der Waals surface area contributed by atoms with E-state index < -0.39 is 24.3 Å². The second-order valence-corrected chi connectivity index (χ2v) is 9.96. The zero-order valence-electron chi connectivity index (χ0n) is 20.9. The molecule has 1 spiro atoms. The number of aromatic nitrogens is 1. The van der Waals surface area contributed by atoms with Crippen LogP contribution in [0.2, 0.25) is 0 Å². The van der Waals surface area contributed by atoms with Crippen molar-refractivity contribution >= 4 is 29.2 Å². The van der Waals surface area contributed by atoms with Gasteiger partial charge in [-0.05, 0) is 26.8 Å². The van der Waals surface area contributed by atoms with Gasteiger partial charge < -0.3 is 14.9 Å². The molecule has 3 aliphatic rings. The average Bonchev–Trinajstić information content (AvgIpc) is 3.22. The Hall–Kier alpha value is -2.54. The summed E-state index contributed by atoms with van der Waals surface area (Å²) in [6.07, 6.45) is -8.13. The molecule has 1 aromatic rings. The molecule has 18 heteroatoms. The number of morpholine rings is 1. The number of hydrogen-bond donors (Lipinski definition) is 2. The molecule has 39 heavy (non-hydrogen) atoms. The molecule has 1 aromatic heterocycles. The van der Waals surface area contributed by atoms with E-state index in [2.05, 4.69) is 21.7 Å². The maximum absolute atomic E-state index is 12.7. The summed E-state index contributed by atoms with van der Waals surface area (Å²) >= 11 is 1.71. The third-order valence-electron chi connectivity index (χ3n) is 5.87. The van der Waals surface area contributed by atoms with Crippen LogP contribution in [-0.2, 0) is 30.5 Å². The largest absolute Gasteiger partial charge is 0.490 e. The van der Waals surface area contributed by atoms with Crippen LogP contribution in [0.15, 0.2) is 5.51 Å². The van der Waals surface area contributed by atoms with Crippen LogP contribution in [0, 0.1) is 6.92 Å². The minimum atomic E-state index is -5.08. The Bertz CT molecular complexity index is 970. The lowest BCUT2D eigenvalue weighted by molar-refractivity contribution is -0.224. The molecule has 1 unspecified atom stereocenters. The summed E-state index contributed by atoms with van der Waals surface area (Å²) in [4.78, 5) is 46.1. The minimum Gasteiger partial charge on any atom is -0.475 e. The van der Waals surface area contributed by atoms with Crippen molar-refractivity contribution in [2.45, 2.75) is 50.3 Å². The number of halogens is 6. The Morgan fingerprint density at radius 2 is 1.64 bits per heavy atom. The summed E-state index contributed by atoms with van der Waals surface area (Å²) in [5, 5.41) is 15.8. The predicted molar refractivity (Wildman–Crippen MR) is 122 cm³/mol. The van der Waals surface area contributed by atoms with Crippen LogP contribution in [-0.4, -0.2) is 118 Å². The van der Waals surface area contributed by atoms with Crippen LogP contribution < -0.4 is 0 Å². The fourth-order valence-electron chi connectivity index (χ4n) is 3.94. The Balaban J connectivity index is 0.000000317. The second kappa shape index (κ2) is 13.2. The fraction of sp³-hybridized carbons (Fsp3) is 0.714. The van der Waals surface area contributed by atoms with Crippen LogP contribution in [0.25, 0.3) is 0 Å². The summed E-state index contributed by atoms with van der Waals surface area (Å²) in [6.45, 7) is 7.39. The number of aliphatic carboxylic acids is 2. The molecule has 1 amide bonds. The number of likely N-dealkylation sites (N-methyl/N-ethyl adjacent to an activating group) is 1. The molecule has 3 saturated heterocycles. The summed E-state index contributed by atoms with van der Waals surface area (Å²) in [5.74, 6) is -5.48. The second-order valence-electron chi connectivity index (χ2n) is 9.02. The highest BCUT2D eigenvalue weighted by Gasteiger charge is 2.50. The molecule has 4 rings (SSSR count).